The lowest BCUT2D eigenvalue weighted by Crippen LogP contribution is -2.18. The fourth-order valence-corrected chi connectivity index (χ4v) is 2.06. The monoisotopic (exact) mass is 230 g/mol. The van der Waals surface area contributed by atoms with Crippen molar-refractivity contribution >= 4 is 0 Å². The quantitative estimate of drug-likeness (QED) is 0.875. The second-order valence-electron chi connectivity index (χ2n) is 4.11. The van der Waals surface area contributed by atoms with Crippen LogP contribution in [0.4, 0.5) is 0 Å². The van der Waals surface area contributed by atoms with Gasteiger partial charge in [-0.05, 0) is 19.0 Å². The van der Waals surface area contributed by atoms with E-state index in [1.807, 2.05) is 13.1 Å². The summed E-state index contributed by atoms with van der Waals surface area (Å²) in [5.74, 6) is 0. The van der Waals surface area contributed by atoms with Crippen LogP contribution >= 0.6 is 0 Å². The number of aryl methyl sites for hydroxylation is 1. The third-order valence-electron chi connectivity index (χ3n) is 2.93. The molecule has 1 atom stereocenters. The van der Waals surface area contributed by atoms with Gasteiger partial charge < -0.3 is 5.32 Å². The van der Waals surface area contributed by atoms with E-state index in [0.717, 1.165) is 12.2 Å². The average Bonchev–Trinajstić information content (AvgIpc) is 2.76. The number of hydrogen-bond acceptors (Lipinski definition) is 3. The first kappa shape index (κ1) is 11.8. The Labute approximate surface area is 102 Å². The van der Waals surface area contributed by atoms with Crippen LogP contribution in [0.15, 0.2) is 30.5 Å². The lowest BCUT2D eigenvalue weighted by Gasteiger charge is -2.16. The van der Waals surface area contributed by atoms with Gasteiger partial charge in [-0.25, -0.2) is 4.68 Å². The SMILES string of the molecule is CCNC(C)c1ccccc1-c1cnnn1C. The number of hydrogen-bond donors (Lipinski definition) is 1. The lowest BCUT2D eigenvalue weighted by molar-refractivity contribution is 0.598. The number of nitrogens with zero attached hydrogens (tertiary/aromatic N) is 3. The van der Waals surface area contributed by atoms with Crippen molar-refractivity contribution in [1.82, 2.24) is 20.3 Å². The van der Waals surface area contributed by atoms with Crippen LogP contribution in [-0.4, -0.2) is 21.5 Å². The summed E-state index contributed by atoms with van der Waals surface area (Å²) in [4.78, 5) is 0. The summed E-state index contributed by atoms with van der Waals surface area (Å²) < 4.78 is 1.80. The Hall–Kier alpha value is -1.68. The molecule has 2 rings (SSSR count). The molecule has 1 unspecified atom stereocenters. The van der Waals surface area contributed by atoms with E-state index in [1.165, 1.54) is 11.1 Å². The minimum atomic E-state index is 0.325. The maximum atomic E-state index is 3.99. The average molecular weight is 230 g/mol. The van der Waals surface area contributed by atoms with Gasteiger partial charge in [-0.15, -0.1) is 5.10 Å². The maximum Gasteiger partial charge on any atom is 0.0885 e. The first-order chi connectivity index (χ1) is 8.24. The molecule has 4 nitrogen and oxygen atoms in total. The zero-order valence-electron chi connectivity index (χ0n) is 10.5. The Morgan fingerprint density at radius 3 is 2.76 bits per heavy atom. The van der Waals surface area contributed by atoms with Gasteiger partial charge in [-0.2, -0.15) is 0 Å². The second kappa shape index (κ2) is 5.10. The standard InChI is InChI=1S/C13H18N4/c1-4-14-10(2)11-7-5-6-8-12(11)13-9-15-16-17(13)3/h5-10,14H,4H2,1-3H3. The van der Waals surface area contributed by atoms with Crippen LogP contribution in [0.3, 0.4) is 0 Å². The zero-order valence-corrected chi connectivity index (χ0v) is 10.5. The highest BCUT2D eigenvalue weighted by atomic mass is 15.4. The predicted molar refractivity (Wildman–Crippen MR) is 68.5 cm³/mol. The number of aromatic nitrogens is 3. The van der Waals surface area contributed by atoms with Crippen molar-refractivity contribution in [2.24, 2.45) is 7.05 Å². The highest BCUT2D eigenvalue weighted by Crippen LogP contribution is 2.26. The van der Waals surface area contributed by atoms with Gasteiger partial charge in [-0.1, -0.05) is 36.4 Å². The molecule has 0 aliphatic heterocycles. The molecule has 0 fully saturated rings. The molecule has 17 heavy (non-hydrogen) atoms. The van der Waals surface area contributed by atoms with Crippen molar-refractivity contribution in [3.8, 4) is 11.3 Å². The van der Waals surface area contributed by atoms with Crippen molar-refractivity contribution in [2.45, 2.75) is 19.9 Å². The van der Waals surface area contributed by atoms with Crippen molar-refractivity contribution in [1.29, 1.82) is 0 Å². The number of rotatable bonds is 4. The molecule has 0 spiro atoms. The molecule has 90 valence electrons. The summed E-state index contributed by atoms with van der Waals surface area (Å²) in [6, 6.07) is 8.70. The molecule has 4 heteroatoms. The van der Waals surface area contributed by atoms with Crippen LogP contribution in [0, 0.1) is 0 Å². The molecule has 0 amide bonds. The molecule has 0 saturated carbocycles. The number of benzene rings is 1. The minimum Gasteiger partial charge on any atom is -0.310 e. The fourth-order valence-electron chi connectivity index (χ4n) is 2.06. The van der Waals surface area contributed by atoms with Crippen molar-refractivity contribution in [2.75, 3.05) is 6.54 Å². The van der Waals surface area contributed by atoms with Gasteiger partial charge in [0, 0.05) is 18.7 Å². The van der Waals surface area contributed by atoms with E-state index in [2.05, 4.69) is 47.7 Å². The van der Waals surface area contributed by atoms with Gasteiger partial charge in [0.25, 0.3) is 0 Å². The van der Waals surface area contributed by atoms with E-state index >= 15 is 0 Å². The molecule has 1 aromatic heterocycles. The largest absolute Gasteiger partial charge is 0.310 e. The van der Waals surface area contributed by atoms with Gasteiger partial charge in [-0.3, -0.25) is 0 Å². The van der Waals surface area contributed by atoms with Crippen molar-refractivity contribution in [3.05, 3.63) is 36.0 Å². The van der Waals surface area contributed by atoms with E-state index in [4.69, 9.17) is 0 Å². The summed E-state index contributed by atoms with van der Waals surface area (Å²) in [5.41, 5.74) is 3.51. The Morgan fingerprint density at radius 1 is 1.35 bits per heavy atom. The van der Waals surface area contributed by atoms with Crippen LogP contribution < -0.4 is 5.32 Å². The highest BCUT2D eigenvalue weighted by Gasteiger charge is 2.12. The van der Waals surface area contributed by atoms with Gasteiger partial charge in [0.05, 0.1) is 11.9 Å². The molecule has 0 aliphatic rings. The van der Waals surface area contributed by atoms with Gasteiger partial charge in [0.2, 0.25) is 0 Å². The molecular formula is C13H18N4. The van der Waals surface area contributed by atoms with E-state index < -0.39 is 0 Å². The third-order valence-corrected chi connectivity index (χ3v) is 2.93. The van der Waals surface area contributed by atoms with Crippen LogP contribution in [0.1, 0.15) is 25.5 Å². The Bertz CT molecular complexity index is 490. The Morgan fingerprint density at radius 2 is 2.12 bits per heavy atom. The first-order valence-electron chi connectivity index (χ1n) is 5.91. The topological polar surface area (TPSA) is 42.7 Å². The molecule has 1 heterocycles. The van der Waals surface area contributed by atoms with Crippen LogP contribution in [0.2, 0.25) is 0 Å². The maximum absolute atomic E-state index is 3.99. The summed E-state index contributed by atoms with van der Waals surface area (Å²) >= 11 is 0. The summed E-state index contributed by atoms with van der Waals surface area (Å²) in [7, 11) is 1.91. The summed E-state index contributed by atoms with van der Waals surface area (Å²) in [5, 5.41) is 11.4. The summed E-state index contributed by atoms with van der Waals surface area (Å²) in [6.07, 6.45) is 1.80. The van der Waals surface area contributed by atoms with Crippen LogP contribution in [0.25, 0.3) is 11.3 Å². The Kier molecular flexibility index (Phi) is 3.54. The lowest BCUT2D eigenvalue weighted by atomic mass is 9.99. The molecule has 0 saturated heterocycles. The highest BCUT2D eigenvalue weighted by molar-refractivity contribution is 5.63. The molecule has 1 N–H and O–H groups in total. The van der Waals surface area contributed by atoms with Gasteiger partial charge in [0.15, 0.2) is 0 Å². The van der Waals surface area contributed by atoms with Gasteiger partial charge in [0.1, 0.15) is 0 Å². The van der Waals surface area contributed by atoms with Gasteiger partial charge >= 0.3 is 0 Å². The van der Waals surface area contributed by atoms with E-state index in [1.54, 1.807) is 10.9 Å². The smallest absolute Gasteiger partial charge is 0.0885 e. The third kappa shape index (κ3) is 2.36. The van der Waals surface area contributed by atoms with E-state index in [9.17, 15) is 0 Å². The minimum absolute atomic E-state index is 0.325. The Balaban J connectivity index is 2.44. The number of nitrogens with one attached hydrogen (secondary N) is 1. The van der Waals surface area contributed by atoms with Crippen LogP contribution in [0.5, 0.6) is 0 Å². The molecule has 1 aromatic carbocycles. The van der Waals surface area contributed by atoms with E-state index in [0.29, 0.717) is 6.04 Å². The molecule has 2 aromatic rings. The molecule has 0 aliphatic carbocycles. The predicted octanol–water partition coefficient (Wildman–Crippen LogP) is 2.15. The molecule has 0 radical (unpaired) electrons. The van der Waals surface area contributed by atoms with E-state index in [-0.39, 0.29) is 0 Å². The first-order valence-corrected chi connectivity index (χ1v) is 5.91. The normalized spacial score (nSPS) is 12.6. The van der Waals surface area contributed by atoms with Crippen LogP contribution in [-0.2, 0) is 7.05 Å². The fraction of sp³-hybridized carbons (Fsp3) is 0.385. The van der Waals surface area contributed by atoms with Crippen molar-refractivity contribution < 1.29 is 0 Å². The molecular weight excluding hydrogens is 212 g/mol. The second-order valence-corrected chi connectivity index (χ2v) is 4.11. The molecule has 0 bridgehead atoms. The zero-order chi connectivity index (χ0) is 12.3. The van der Waals surface area contributed by atoms with Crippen molar-refractivity contribution in [3.63, 3.8) is 0 Å². The summed E-state index contributed by atoms with van der Waals surface area (Å²) in [6.45, 7) is 5.25.